The lowest BCUT2D eigenvalue weighted by atomic mass is 10.2. The average molecular weight is 338 g/mol. The van der Waals surface area contributed by atoms with Crippen molar-refractivity contribution in [2.45, 2.75) is 12.5 Å². The van der Waals surface area contributed by atoms with Gasteiger partial charge in [-0.05, 0) is 30.7 Å². The third-order valence-corrected chi connectivity index (χ3v) is 4.14. The monoisotopic (exact) mass is 338 g/mol. The molecule has 1 aliphatic heterocycles. The molecule has 1 N–H and O–H groups in total. The van der Waals surface area contributed by atoms with E-state index in [1.54, 1.807) is 10.8 Å². The summed E-state index contributed by atoms with van der Waals surface area (Å²) < 4.78 is 7.12. The minimum atomic E-state index is -0.113. The number of nitrogens with zero attached hydrogens (tertiary/aromatic N) is 5. The highest BCUT2D eigenvalue weighted by Gasteiger charge is 2.25. The summed E-state index contributed by atoms with van der Waals surface area (Å²) in [7, 11) is 0. The standard InChI is InChI=1S/C17H18N6O2/c24-17(11-25-14-4-2-1-3-5-14)19-13-8-9-22(10-13)16-7-6-15-20-18-12-23(15)21-16/h1-7,12-13H,8-11H2,(H,19,24). The lowest BCUT2D eigenvalue weighted by Gasteiger charge is -2.17. The Bertz CT molecular complexity index is 866. The Morgan fingerprint density at radius 3 is 3.00 bits per heavy atom. The molecular weight excluding hydrogens is 320 g/mol. The number of carbonyl (C=O) groups excluding carboxylic acids is 1. The van der Waals surface area contributed by atoms with Gasteiger partial charge in [0.15, 0.2) is 12.3 Å². The Morgan fingerprint density at radius 1 is 1.24 bits per heavy atom. The Morgan fingerprint density at radius 2 is 2.12 bits per heavy atom. The SMILES string of the molecule is O=C(COc1ccccc1)NC1CCN(c2ccc3nncn3n2)C1. The molecule has 1 saturated heterocycles. The predicted octanol–water partition coefficient (Wildman–Crippen LogP) is 0.898. The van der Waals surface area contributed by atoms with Crippen LogP contribution in [0.4, 0.5) is 5.82 Å². The smallest absolute Gasteiger partial charge is 0.258 e. The number of fused-ring (bicyclic) bond motifs is 1. The molecule has 8 nitrogen and oxygen atoms in total. The number of ether oxygens (including phenoxy) is 1. The van der Waals surface area contributed by atoms with Gasteiger partial charge in [0, 0.05) is 19.1 Å². The van der Waals surface area contributed by atoms with Gasteiger partial charge in [-0.25, -0.2) is 0 Å². The largest absolute Gasteiger partial charge is 0.484 e. The molecule has 1 aliphatic rings. The fourth-order valence-corrected chi connectivity index (χ4v) is 2.91. The predicted molar refractivity (Wildman–Crippen MR) is 91.5 cm³/mol. The number of hydrogen-bond acceptors (Lipinski definition) is 6. The third kappa shape index (κ3) is 3.52. The second kappa shape index (κ2) is 6.76. The second-order valence-corrected chi connectivity index (χ2v) is 5.93. The number of para-hydroxylation sites is 1. The molecule has 0 spiro atoms. The van der Waals surface area contributed by atoms with Gasteiger partial charge in [-0.3, -0.25) is 4.79 Å². The molecule has 1 fully saturated rings. The highest BCUT2D eigenvalue weighted by atomic mass is 16.5. The van der Waals surface area contributed by atoms with Crippen molar-refractivity contribution >= 4 is 17.4 Å². The summed E-state index contributed by atoms with van der Waals surface area (Å²) in [5, 5.41) is 15.3. The molecule has 8 heteroatoms. The van der Waals surface area contributed by atoms with Gasteiger partial charge in [-0.15, -0.1) is 15.3 Å². The van der Waals surface area contributed by atoms with Crippen LogP contribution in [0.1, 0.15) is 6.42 Å². The third-order valence-electron chi connectivity index (χ3n) is 4.14. The van der Waals surface area contributed by atoms with Crippen molar-refractivity contribution in [3.05, 3.63) is 48.8 Å². The molecule has 1 aromatic carbocycles. The van der Waals surface area contributed by atoms with Crippen molar-refractivity contribution in [2.75, 3.05) is 24.6 Å². The van der Waals surface area contributed by atoms with Gasteiger partial charge in [-0.1, -0.05) is 18.2 Å². The van der Waals surface area contributed by atoms with Crippen LogP contribution in [-0.2, 0) is 4.79 Å². The van der Waals surface area contributed by atoms with Crippen LogP contribution >= 0.6 is 0 Å². The van der Waals surface area contributed by atoms with Gasteiger partial charge in [0.25, 0.3) is 5.91 Å². The zero-order valence-corrected chi connectivity index (χ0v) is 13.6. The number of aromatic nitrogens is 4. The first kappa shape index (κ1) is 15.4. The van der Waals surface area contributed by atoms with E-state index in [1.165, 1.54) is 0 Å². The maximum Gasteiger partial charge on any atom is 0.258 e. The fourth-order valence-electron chi connectivity index (χ4n) is 2.91. The molecule has 25 heavy (non-hydrogen) atoms. The van der Waals surface area contributed by atoms with Crippen molar-refractivity contribution in [1.82, 2.24) is 25.1 Å². The van der Waals surface area contributed by atoms with E-state index in [-0.39, 0.29) is 18.6 Å². The number of carbonyl (C=O) groups is 1. The quantitative estimate of drug-likeness (QED) is 0.744. The van der Waals surface area contributed by atoms with Crippen LogP contribution in [0.25, 0.3) is 5.65 Å². The van der Waals surface area contributed by atoms with Crippen LogP contribution < -0.4 is 15.0 Å². The number of hydrogen-bond donors (Lipinski definition) is 1. The molecule has 0 bridgehead atoms. The minimum Gasteiger partial charge on any atom is -0.484 e. The molecular formula is C17H18N6O2. The highest BCUT2D eigenvalue weighted by Crippen LogP contribution is 2.18. The molecule has 0 radical (unpaired) electrons. The van der Waals surface area contributed by atoms with E-state index in [1.807, 2.05) is 42.5 Å². The minimum absolute atomic E-state index is 0.0193. The zero-order chi connectivity index (χ0) is 17.1. The summed E-state index contributed by atoms with van der Waals surface area (Å²) in [4.78, 5) is 14.2. The number of anilines is 1. The van der Waals surface area contributed by atoms with Crippen molar-refractivity contribution in [1.29, 1.82) is 0 Å². The van der Waals surface area contributed by atoms with E-state index in [0.717, 1.165) is 25.3 Å². The summed E-state index contributed by atoms with van der Waals surface area (Å²) >= 11 is 0. The van der Waals surface area contributed by atoms with Crippen molar-refractivity contribution in [2.24, 2.45) is 0 Å². The Labute approximate surface area is 144 Å². The van der Waals surface area contributed by atoms with Crippen molar-refractivity contribution in [3.63, 3.8) is 0 Å². The molecule has 4 rings (SSSR count). The molecule has 1 unspecified atom stereocenters. The number of benzene rings is 1. The molecule has 1 atom stereocenters. The Kier molecular flexibility index (Phi) is 4.16. The van der Waals surface area contributed by atoms with Crippen molar-refractivity contribution in [3.8, 4) is 5.75 Å². The van der Waals surface area contributed by atoms with Gasteiger partial charge in [0.2, 0.25) is 0 Å². The van der Waals surface area contributed by atoms with E-state index in [0.29, 0.717) is 11.4 Å². The van der Waals surface area contributed by atoms with Crippen LogP contribution in [-0.4, -0.2) is 51.5 Å². The van der Waals surface area contributed by atoms with E-state index >= 15 is 0 Å². The van der Waals surface area contributed by atoms with Crippen LogP contribution in [0, 0.1) is 0 Å². The van der Waals surface area contributed by atoms with E-state index in [4.69, 9.17) is 4.74 Å². The van der Waals surface area contributed by atoms with E-state index in [9.17, 15) is 4.79 Å². The molecule has 3 aromatic rings. The van der Waals surface area contributed by atoms with Gasteiger partial charge in [0.1, 0.15) is 17.9 Å². The normalized spacial score (nSPS) is 17.0. The summed E-state index contributed by atoms with van der Waals surface area (Å²) in [6.07, 6.45) is 2.45. The first-order chi connectivity index (χ1) is 12.3. The number of amides is 1. The summed E-state index contributed by atoms with van der Waals surface area (Å²) in [6, 6.07) is 13.2. The molecule has 3 heterocycles. The molecule has 0 aliphatic carbocycles. The highest BCUT2D eigenvalue weighted by molar-refractivity contribution is 5.78. The summed E-state index contributed by atoms with van der Waals surface area (Å²) in [5.74, 6) is 1.43. The first-order valence-electron chi connectivity index (χ1n) is 8.17. The van der Waals surface area contributed by atoms with Crippen LogP contribution in [0.15, 0.2) is 48.8 Å². The summed E-state index contributed by atoms with van der Waals surface area (Å²) in [6.45, 7) is 1.58. The van der Waals surface area contributed by atoms with Gasteiger partial charge >= 0.3 is 0 Å². The summed E-state index contributed by atoms with van der Waals surface area (Å²) in [5.41, 5.74) is 0.714. The average Bonchev–Trinajstić information content (AvgIpc) is 3.29. The Hall–Kier alpha value is -3.16. The lowest BCUT2D eigenvalue weighted by Crippen LogP contribution is -2.39. The van der Waals surface area contributed by atoms with Gasteiger partial charge in [0.05, 0.1) is 0 Å². The van der Waals surface area contributed by atoms with Crippen molar-refractivity contribution < 1.29 is 9.53 Å². The second-order valence-electron chi connectivity index (χ2n) is 5.93. The first-order valence-corrected chi connectivity index (χ1v) is 8.17. The number of nitrogens with one attached hydrogen (secondary N) is 1. The molecule has 2 aromatic heterocycles. The molecule has 0 saturated carbocycles. The van der Waals surface area contributed by atoms with Crippen LogP contribution in [0.5, 0.6) is 5.75 Å². The van der Waals surface area contributed by atoms with E-state index in [2.05, 4.69) is 25.5 Å². The van der Waals surface area contributed by atoms with Gasteiger partial charge in [-0.2, -0.15) is 4.52 Å². The van der Waals surface area contributed by atoms with Gasteiger partial charge < -0.3 is 15.0 Å². The number of rotatable bonds is 5. The maximum atomic E-state index is 12.1. The molecule has 128 valence electrons. The van der Waals surface area contributed by atoms with Crippen LogP contribution in [0.2, 0.25) is 0 Å². The molecule has 1 amide bonds. The van der Waals surface area contributed by atoms with E-state index < -0.39 is 0 Å². The fraction of sp³-hybridized carbons (Fsp3) is 0.294. The van der Waals surface area contributed by atoms with Crippen LogP contribution in [0.3, 0.4) is 0 Å². The Balaban J connectivity index is 1.30. The lowest BCUT2D eigenvalue weighted by molar-refractivity contribution is -0.123. The topological polar surface area (TPSA) is 84.6 Å². The maximum absolute atomic E-state index is 12.1. The zero-order valence-electron chi connectivity index (χ0n) is 13.6.